The average Bonchev–Trinajstić information content (AvgIpc) is 2.75. The molecule has 0 radical (unpaired) electrons. The number of carboxylic acid groups (broad SMARTS) is 1. The summed E-state index contributed by atoms with van der Waals surface area (Å²) in [7, 11) is 0. The summed E-state index contributed by atoms with van der Waals surface area (Å²) in [6.07, 6.45) is 2.04. The van der Waals surface area contributed by atoms with Gasteiger partial charge in [0, 0.05) is 12.2 Å². The second-order valence-corrected chi connectivity index (χ2v) is 7.36. The lowest BCUT2D eigenvalue weighted by atomic mass is 10.0. The fourth-order valence-electron chi connectivity index (χ4n) is 2.73. The predicted octanol–water partition coefficient (Wildman–Crippen LogP) is -1.21. The number of benzene rings is 1. The van der Waals surface area contributed by atoms with E-state index < -0.39 is 48.4 Å². The van der Waals surface area contributed by atoms with Gasteiger partial charge in [-0.3, -0.25) is 19.2 Å². The van der Waals surface area contributed by atoms with E-state index in [2.05, 4.69) is 28.6 Å². The van der Waals surface area contributed by atoms with E-state index in [0.717, 1.165) is 12.0 Å². The molecule has 172 valence electrons. The number of amides is 3. The molecule has 0 spiro atoms. The summed E-state index contributed by atoms with van der Waals surface area (Å²) >= 11 is 4.05. The van der Waals surface area contributed by atoms with Gasteiger partial charge in [0.15, 0.2) is 0 Å². The molecule has 3 unspecified atom stereocenters. The van der Waals surface area contributed by atoms with Gasteiger partial charge in [-0.25, -0.2) is 0 Å². The number of unbranched alkanes of at least 4 members (excludes halogenated alkanes) is 1. The largest absolute Gasteiger partial charge is 0.480 e. The van der Waals surface area contributed by atoms with Crippen LogP contribution in [0.5, 0.6) is 0 Å². The number of nitrogens with one attached hydrogen (secondary N) is 3. The van der Waals surface area contributed by atoms with Crippen LogP contribution in [0, 0.1) is 0 Å². The van der Waals surface area contributed by atoms with E-state index in [1.165, 1.54) is 0 Å². The van der Waals surface area contributed by atoms with Gasteiger partial charge in [-0.15, -0.1) is 0 Å². The van der Waals surface area contributed by atoms with Crippen molar-refractivity contribution in [1.29, 1.82) is 0 Å². The number of nitrogens with two attached hydrogens (primary N) is 2. The minimum absolute atomic E-state index is 0.0538. The Kier molecular flexibility index (Phi) is 12.3. The smallest absolute Gasteiger partial charge is 0.322 e. The lowest BCUT2D eigenvalue weighted by molar-refractivity contribution is -0.138. The van der Waals surface area contributed by atoms with E-state index >= 15 is 0 Å². The van der Waals surface area contributed by atoms with Gasteiger partial charge >= 0.3 is 5.97 Å². The topological polar surface area (TPSA) is 177 Å². The lowest BCUT2D eigenvalue weighted by Crippen LogP contribution is -2.57. The predicted molar refractivity (Wildman–Crippen MR) is 119 cm³/mol. The van der Waals surface area contributed by atoms with Crippen LogP contribution < -0.4 is 27.4 Å². The Hall–Kier alpha value is -2.63. The third kappa shape index (κ3) is 10.3. The van der Waals surface area contributed by atoms with Crippen molar-refractivity contribution >= 4 is 36.3 Å². The maximum atomic E-state index is 12.9. The van der Waals surface area contributed by atoms with Crippen LogP contribution >= 0.6 is 12.6 Å². The number of aliphatic carboxylic acids is 1. The van der Waals surface area contributed by atoms with E-state index in [4.69, 9.17) is 16.6 Å². The van der Waals surface area contributed by atoms with Crippen molar-refractivity contribution in [3.8, 4) is 0 Å². The Morgan fingerprint density at radius 3 is 2.19 bits per heavy atom. The fraction of sp³-hybridized carbons (Fsp3) is 0.500. The van der Waals surface area contributed by atoms with Gasteiger partial charge in [0.2, 0.25) is 17.7 Å². The third-order valence-corrected chi connectivity index (χ3v) is 4.82. The van der Waals surface area contributed by atoms with Crippen LogP contribution in [-0.2, 0) is 25.6 Å². The highest BCUT2D eigenvalue weighted by molar-refractivity contribution is 7.80. The Labute approximate surface area is 186 Å². The molecule has 0 aromatic heterocycles. The van der Waals surface area contributed by atoms with E-state index in [1.807, 2.05) is 18.2 Å². The van der Waals surface area contributed by atoms with Crippen molar-refractivity contribution in [2.45, 2.75) is 43.8 Å². The summed E-state index contributed by atoms with van der Waals surface area (Å²) in [6.45, 7) is -0.0801. The molecule has 0 heterocycles. The number of thiol groups is 1. The van der Waals surface area contributed by atoms with E-state index in [1.54, 1.807) is 12.1 Å². The van der Waals surface area contributed by atoms with Crippen LogP contribution in [0.4, 0.5) is 0 Å². The maximum Gasteiger partial charge on any atom is 0.322 e. The van der Waals surface area contributed by atoms with E-state index in [9.17, 15) is 19.2 Å². The van der Waals surface area contributed by atoms with Gasteiger partial charge in [0.1, 0.15) is 18.6 Å². The van der Waals surface area contributed by atoms with Crippen molar-refractivity contribution in [3.05, 3.63) is 35.9 Å². The average molecular weight is 454 g/mol. The summed E-state index contributed by atoms with van der Waals surface area (Å²) in [6, 6.07) is 6.22. The van der Waals surface area contributed by atoms with Crippen molar-refractivity contribution in [3.63, 3.8) is 0 Å². The molecule has 8 N–H and O–H groups in total. The molecule has 0 saturated carbocycles. The van der Waals surface area contributed by atoms with Crippen LogP contribution in [0.3, 0.4) is 0 Å². The third-order valence-electron chi connectivity index (χ3n) is 4.45. The van der Waals surface area contributed by atoms with Gasteiger partial charge in [0.25, 0.3) is 0 Å². The minimum atomic E-state index is -1.21. The lowest BCUT2D eigenvalue weighted by Gasteiger charge is -2.23. The first-order valence-corrected chi connectivity index (χ1v) is 10.6. The maximum absolute atomic E-state index is 12.9. The molecule has 3 atom stereocenters. The van der Waals surface area contributed by atoms with Crippen molar-refractivity contribution in [1.82, 2.24) is 16.0 Å². The number of hydrogen-bond donors (Lipinski definition) is 7. The number of hydrogen-bond acceptors (Lipinski definition) is 7. The molecule has 0 bridgehead atoms. The SMILES string of the molecule is NCCCCC(N)C(=O)NC(Cc1ccccc1)C(=O)NC(CS)C(=O)NCC(=O)O. The zero-order valence-electron chi connectivity index (χ0n) is 17.3. The van der Waals surface area contributed by atoms with Crippen molar-refractivity contribution in [2.75, 3.05) is 18.8 Å². The molecule has 0 aliphatic heterocycles. The summed E-state index contributed by atoms with van der Waals surface area (Å²) in [5.74, 6) is -3.03. The Morgan fingerprint density at radius 2 is 1.61 bits per heavy atom. The highest BCUT2D eigenvalue weighted by Crippen LogP contribution is 2.06. The van der Waals surface area contributed by atoms with Gasteiger partial charge < -0.3 is 32.5 Å². The van der Waals surface area contributed by atoms with Crippen LogP contribution in [0.2, 0.25) is 0 Å². The molecule has 1 rings (SSSR count). The monoisotopic (exact) mass is 453 g/mol. The van der Waals surface area contributed by atoms with Crippen molar-refractivity contribution in [2.24, 2.45) is 11.5 Å². The Morgan fingerprint density at radius 1 is 0.968 bits per heavy atom. The highest BCUT2D eigenvalue weighted by atomic mass is 32.1. The second-order valence-electron chi connectivity index (χ2n) is 7.00. The first-order valence-electron chi connectivity index (χ1n) is 9.99. The number of rotatable bonds is 14. The number of carbonyl (C=O) groups excluding carboxylic acids is 3. The Balaban J connectivity index is 2.86. The quantitative estimate of drug-likeness (QED) is 0.136. The van der Waals surface area contributed by atoms with Gasteiger partial charge in [-0.2, -0.15) is 12.6 Å². The molecular formula is C20H31N5O5S. The van der Waals surface area contributed by atoms with Gasteiger partial charge in [-0.1, -0.05) is 36.8 Å². The normalized spacial score (nSPS) is 13.5. The summed E-state index contributed by atoms with van der Waals surface area (Å²) < 4.78 is 0. The highest BCUT2D eigenvalue weighted by Gasteiger charge is 2.27. The zero-order valence-corrected chi connectivity index (χ0v) is 18.1. The summed E-state index contributed by atoms with van der Waals surface area (Å²) in [4.78, 5) is 48.1. The van der Waals surface area contributed by atoms with Crippen LogP contribution in [0.15, 0.2) is 30.3 Å². The van der Waals surface area contributed by atoms with Gasteiger partial charge in [-0.05, 0) is 24.9 Å². The van der Waals surface area contributed by atoms with Crippen molar-refractivity contribution < 1.29 is 24.3 Å². The Bertz CT molecular complexity index is 734. The molecule has 10 nitrogen and oxygen atoms in total. The molecule has 0 saturated heterocycles. The van der Waals surface area contributed by atoms with Crippen LogP contribution in [0.1, 0.15) is 24.8 Å². The molecule has 3 amide bonds. The standard InChI is InChI=1S/C20H31N5O5S/c21-9-5-4-8-14(22)18(28)24-15(10-13-6-2-1-3-7-13)20(30)25-16(12-31)19(29)23-11-17(26)27/h1-3,6-7,14-16,31H,4-5,8-12,21-22H2,(H,23,29)(H,24,28)(H,25,30)(H,26,27). The summed E-state index contributed by atoms with van der Waals surface area (Å²) in [5.41, 5.74) is 12.2. The molecule has 0 aliphatic rings. The second kappa shape index (κ2) is 14.4. The first-order chi connectivity index (χ1) is 14.8. The molecule has 0 aliphatic carbocycles. The van der Waals surface area contributed by atoms with E-state index in [-0.39, 0.29) is 12.2 Å². The van der Waals surface area contributed by atoms with Gasteiger partial charge in [0.05, 0.1) is 6.04 Å². The molecular weight excluding hydrogens is 422 g/mol. The van der Waals surface area contributed by atoms with Crippen LogP contribution in [-0.4, -0.2) is 65.8 Å². The molecule has 11 heteroatoms. The molecule has 0 fully saturated rings. The fourth-order valence-corrected chi connectivity index (χ4v) is 2.99. The zero-order chi connectivity index (χ0) is 23.2. The van der Waals surface area contributed by atoms with E-state index in [0.29, 0.717) is 19.4 Å². The first kappa shape index (κ1) is 26.4. The minimum Gasteiger partial charge on any atom is -0.480 e. The number of carboxylic acids is 1. The van der Waals surface area contributed by atoms with Crippen LogP contribution in [0.25, 0.3) is 0 Å². The molecule has 31 heavy (non-hydrogen) atoms. The molecule has 1 aromatic carbocycles. The summed E-state index contributed by atoms with van der Waals surface area (Å²) in [5, 5.41) is 16.1. The molecule has 1 aromatic rings. The number of carbonyl (C=O) groups is 4.